The zero-order chi connectivity index (χ0) is 9.97. The number of primary amides is 1. The number of nitrogens with zero attached hydrogens (tertiary/aromatic N) is 1. The van der Waals surface area contributed by atoms with Gasteiger partial charge in [0.2, 0.25) is 5.91 Å². The fraction of sp³-hybridized carbons (Fsp3) is 0.667. The summed E-state index contributed by atoms with van der Waals surface area (Å²) in [5, 5.41) is 0. The molecule has 1 amide bonds. The van der Waals surface area contributed by atoms with Crippen molar-refractivity contribution in [1.29, 1.82) is 0 Å². The Hall–Kier alpha value is -1.23. The first-order valence-corrected chi connectivity index (χ1v) is 4.77. The highest BCUT2D eigenvalue weighted by atomic mass is 16.5. The lowest BCUT2D eigenvalue weighted by Gasteiger charge is -2.29. The third kappa shape index (κ3) is 1.68. The van der Waals surface area contributed by atoms with Gasteiger partial charge < -0.3 is 20.1 Å². The lowest BCUT2D eigenvalue weighted by molar-refractivity contribution is -0.114. The molecule has 0 atom stereocenters. The quantitative estimate of drug-likeness (QED) is 0.645. The lowest BCUT2D eigenvalue weighted by atomic mass is 10.2. The molecule has 5 nitrogen and oxygen atoms in total. The summed E-state index contributed by atoms with van der Waals surface area (Å²) in [6.45, 7) is 3.46. The van der Waals surface area contributed by atoms with Gasteiger partial charge in [0.1, 0.15) is 0 Å². The molecular weight excluding hydrogens is 184 g/mol. The van der Waals surface area contributed by atoms with E-state index in [2.05, 4.69) is 0 Å². The van der Waals surface area contributed by atoms with Crippen molar-refractivity contribution in [2.75, 3.05) is 32.9 Å². The van der Waals surface area contributed by atoms with E-state index in [0.717, 1.165) is 13.1 Å². The number of hydrogen-bond donors (Lipinski definition) is 1. The second kappa shape index (κ2) is 3.88. The molecule has 1 fully saturated rings. The maximum atomic E-state index is 11.1. The average Bonchev–Trinajstić information content (AvgIpc) is 2.67. The number of carbonyl (C=O) groups is 1. The van der Waals surface area contributed by atoms with Crippen molar-refractivity contribution < 1.29 is 14.3 Å². The molecule has 0 aromatic carbocycles. The van der Waals surface area contributed by atoms with Crippen LogP contribution in [0.25, 0.3) is 0 Å². The summed E-state index contributed by atoms with van der Waals surface area (Å²) < 4.78 is 10.6. The molecule has 5 heteroatoms. The Kier molecular flexibility index (Phi) is 2.58. The summed E-state index contributed by atoms with van der Waals surface area (Å²) in [4.78, 5) is 13.1. The van der Waals surface area contributed by atoms with Crippen molar-refractivity contribution in [3.63, 3.8) is 0 Å². The van der Waals surface area contributed by atoms with Crippen LogP contribution in [0.2, 0.25) is 0 Å². The third-order valence-corrected chi connectivity index (χ3v) is 2.44. The SMILES string of the molecule is NC(=O)C1=C(N2CCOCC2)OCC1. The van der Waals surface area contributed by atoms with Crippen LogP contribution in [-0.2, 0) is 14.3 Å². The Morgan fingerprint density at radius 1 is 1.29 bits per heavy atom. The van der Waals surface area contributed by atoms with Crippen molar-refractivity contribution in [3.8, 4) is 0 Å². The molecule has 0 bridgehead atoms. The van der Waals surface area contributed by atoms with Crippen LogP contribution in [0, 0.1) is 0 Å². The van der Waals surface area contributed by atoms with Gasteiger partial charge >= 0.3 is 0 Å². The zero-order valence-corrected chi connectivity index (χ0v) is 7.99. The van der Waals surface area contributed by atoms with Crippen molar-refractivity contribution in [1.82, 2.24) is 4.90 Å². The minimum atomic E-state index is -0.371. The molecule has 0 aromatic rings. The van der Waals surface area contributed by atoms with E-state index in [1.54, 1.807) is 0 Å². The van der Waals surface area contributed by atoms with E-state index < -0.39 is 0 Å². The maximum absolute atomic E-state index is 11.1. The first kappa shape index (κ1) is 9.33. The highest BCUT2D eigenvalue weighted by molar-refractivity contribution is 5.92. The van der Waals surface area contributed by atoms with Crippen molar-refractivity contribution >= 4 is 5.91 Å². The summed E-state index contributed by atoms with van der Waals surface area (Å²) in [5.74, 6) is 0.296. The van der Waals surface area contributed by atoms with Crippen LogP contribution in [0.1, 0.15) is 6.42 Å². The topological polar surface area (TPSA) is 64.8 Å². The van der Waals surface area contributed by atoms with E-state index in [4.69, 9.17) is 15.2 Å². The van der Waals surface area contributed by atoms with Crippen LogP contribution in [-0.4, -0.2) is 43.7 Å². The van der Waals surface area contributed by atoms with E-state index in [9.17, 15) is 4.79 Å². The van der Waals surface area contributed by atoms with Gasteiger partial charge in [-0.1, -0.05) is 0 Å². The Balaban J connectivity index is 2.13. The third-order valence-electron chi connectivity index (χ3n) is 2.44. The number of ether oxygens (including phenoxy) is 2. The van der Waals surface area contributed by atoms with E-state index in [-0.39, 0.29) is 5.91 Å². The van der Waals surface area contributed by atoms with Gasteiger partial charge in [-0.3, -0.25) is 4.79 Å². The van der Waals surface area contributed by atoms with Gasteiger partial charge in [0.25, 0.3) is 0 Å². The first-order valence-electron chi connectivity index (χ1n) is 4.77. The molecule has 0 aliphatic carbocycles. The Bertz CT molecular complexity index is 269. The highest BCUT2D eigenvalue weighted by Gasteiger charge is 2.26. The molecule has 0 spiro atoms. The zero-order valence-electron chi connectivity index (χ0n) is 7.99. The summed E-state index contributed by atoms with van der Waals surface area (Å²) in [7, 11) is 0. The molecule has 2 aliphatic rings. The molecule has 0 aromatic heterocycles. The van der Waals surface area contributed by atoms with E-state index in [1.165, 1.54) is 0 Å². The van der Waals surface area contributed by atoms with E-state index in [1.807, 2.05) is 4.90 Å². The van der Waals surface area contributed by atoms with Crippen LogP contribution in [0.15, 0.2) is 11.5 Å². The van der Waals surface area contributed by atoms with Gasteiger partial charge in [0.15, 0.2) is 5.88 Å². The fourth-order valence-electron chi connectivity index (χ4n) is 1.72. The number of morpholine rings is 1. The van der Waals surface area contributed by atoms with Crippen LogP contribution in [0.3, 0.4) is 0 Å². The second-order valence-electron chi connectivity index (χ2n) is 3.35. The number of rotatable bonds is 2. The molecule has 14 heavy (non-hydrogen) atoms. The van der Waals surface area contributed by atoms with Gasteiger partial charge in [-0.25, -0.2) is 0 Å². The minimum absolute atomic E-state index is 0.371. The number of amides is 1. The smallest absolute Gasteiger partial charge is 0.250 e. The number of nitrogens with two attached hydrogens (primary N) is 1. The summed E-state index contributed by atoms with van der Waals surface area (Å²) in [6, 6.07) is 0. The average molecular weight is 198 g/mol. The van der Waals surface area contributed by atoms with Crippen molar-refractivity contribution in [3.05, 3.63) is 11.5 Å². The summed E-state index contributed by atoms with van der Waals surface area (Å²) in [6.07, 6.45) is 0.627. The monoisotopic (exact) mass is 198 g/mol. The van der Waals surface area contributed by atoms with Gasteiger partial charge in [0.05, 0.1) is 25.4 Å². The van der Waals surface area contributed by atoms with Gasteiger partial charge in [0, 0.05) is 19.5 Å². The Morgan fingerprint density at radius 2 is 2.00 bits per heavy atom. The molecule has 0 radical (unpaired) electrons. The van der Waals surface area contributed by atoms with Crippen LogP contribution in [0.5, 0.6) is 0 Å². The predicted octanol–water partition coefficient (Wildman–Crippen LogP) is -0.564. The minimum Gasteiger partial charge on any atom is -0.478 e. The maximum Gasteiger partial charge on any atom is 0.250 e. The Morgan fingerprint density at radius 3 is 2.64 bits per heavy atom. The predicted molar refractivity (Wildman–Crippen MR) is 49.2 cm³/mol. The molecular formula is C9H14N2O3. The van der Waals surface area contributed by atoms with Gasteiger partial charge in [-0.2, -0.15) is 0 Å². The normalized spacial score (nSPS) is 22.4. The largest absolute Gasteiger partial charge is 0.478 e. The molecule has 1 saturated heterocycles. The van der Waals surface area contributed by atoms with Crippen molar-refractivity contribution in [2.24, 2.45) is 5.73 Å². The molecule has 78 valence electrons. The van der Waals surface area contributed by atoms with Crippen LogP contribution < -0.4 is 5.73 Å². The molecule has 0 saturated carbocycles. The van der Waals surface area contributed by atoms with Crippen LogP contribution >= 0.6 is 0 Å². The van der Waals surface area contributed by atoms with Gasteiger partial charge in [-0.05, 0) is 0 Å². The molecule has 2 aliphatic heterocycles. The standard InChI is InChI=1S/C9H14N2O3/c10-8(12)7-1-4-14-9(7)11-2-5-13-6-3-11/h1-6H2,(H2,10,12). The van der Waals surface area contributed by atoms with E-state index in [0.29, 0.717) is 37.7 Å². The van der Waals surface area contributed by atoms with Gasteiger partial charge in [-0.15, -0.1) is 0 Å². The second-order valence-corrected chi connectivity index (χ2v) is 3.35. The summed E-state index contributed by atoms with van der Waals surface area (Å²) in [5.41, 5.74) is 5.88. The van der Waals surface area contributed by atoms with Crippen LogP contribution in [0.4, 0.5) is 0 Å². The molecule has 2 N–H and O–H groups in total. The fourth-order valence-corrected chi connectivity index (χ4v) is 1.72. The highest BCUT2D eigenvalue weighted by Crippen LogP contribution is 2.22. The Labute approximate surface area is 82.4 Å². The van der Waals surface area contributed by atoms with Crippen molar-refractivity contribution in [2.45, 2.75) is 6.42 Å². The summed E-state index contributed by atoms with van der Waals surface area (Å²) >= 11 is 0. The number of hydrogen-bond acceptors (Lipinski definition) is 4. The molecule has 2 heterocycles. The number of carbonyl (C=O) groups excluding carboxylic acids is 1. The first-order chi connectivity index (χ1) is 6.79. The lowest BCUT2D eigenvalue weighted by Crippen LogP contribution is -2.37. The van der Waals surface area contributed by atoms with E-state index >= 15 is 0 Å². The molecule has 0 unspecified atom stereocenters. The molecule has 2 rings (SSSR count).